The Morgan fingerprint density at radius 1 is 1.32 bits per heavy atom. The summed E-state index contributed by atoms with van der Waals surface area (Å²) < 4.78 is 0. The number of benzene rings is 1. The van der Waals surface area contributed by atoms with Crippen LogP contribution in [-0.4, -0.2) is 29.9 Å². The Morgan fingerprint density at radius 2 is 2.11 bits per heavy atom. The van der Waals surface area contributed by atoms with Gasteiger partial charge in [-0.2, -0.15) is 0 Å². The molecule has 0 aromatic heterocycles. The Hall–Kier alpha value is -1.35. The molecule has 2 unspecified atom stereocenters. The molecule has 2 N–H and O–H groups in total. The van der Waals surface area contributed by atoms with Crippen LogP contribution in [0.5, 0.6) is 0 Å². The van der Waals surface area contributed by atoms with Gasteiger partial charge in [-0.15, -0.1) is 0 Å². The molecule has 0 bridgehead atoms. The normalized spacial score (nSPS) is 26.3. The molecule has 0 radical (unpaired) electrons. The van der Waals surface area contributed by atoms with E-state index in [9.17, 15) is 4.79 Å². The number of carbonyl (C=O) groups is 1. The quantitative estimate of drug-likeness (QED) is 0.835. The van der Waals surface area contributed by atoms with Gasteiger partial charge in [-0.05, 0) is 42.4 Å². The fourth-order valence-electron chi connectivity index (χ4n) is 3.43. The van der Waals surface area contributed by atoms with Crippen LogP contribution in [0.1, 0.15) is 42.4 Å². The third-order valence-electron chi connectivity index (χ3n) is 4.66. The molecular formula is C16H22N2O. The summed E-state index contributed by atoms with van der Waals surface area (Å²) in [5.74, 6) is 0.460. The molecule has 0 saturated carbocycles. The van der Waals surface area contributed by atoms with Crippen molar-refractivity contribution in [1.29, 1.82) is 0 Å². The van der Waals surface area contributed by atoms with Crippen molar-refractivity contribution in [2.75, 3.05) is 13.1 Å². The van der Waals surface area contributed by atoms with E-state index in [1.807, 2.05) is 4.90 Å². The molecule has 3 nitrogen and oxygen atoms in total. The number of piperidine rings is 1. The maximum atomic E-state index is 11.6. The van der Waals surface area contributed by atoms with Crippen LogP contribution in [0.25, 0.3) is 0 Å². The summed E-state index contributed by atoms with van der Waals surface area (Å²) >= 11 is 0. The van der Waals surface area contributed by atoms with Gasteiger partial charge in [-0.3, -0.25) is 4.79 Å². The zero-order chi connectivity index (χ0) is 13.4. The minimum Gasteiger partial charge on any atom is -0.342 e. The molecule has 2 aliphatic rings. The Kier molecular flexibility index (Phi) is 3.31. The average Bonchev–Trinajstić information content (AvgIpc) is 2.86. The lowest BCUT2D eigenvalue weighted by atomic mass is 9.85. The van der Waals surface area contributed by atoms with Crippen LogP contribution >= 0.6 is 0 Å². The van der Waals surface area contributed by atoms with Crippen molar-refractivity contribution in [1.82, 2.24) is 4.90 Å². The molecular weight excluding hydrogens is 236 g/mol. The van der Waals surface area contributed by atoms with E-state index in [1.165, 1.54) is 36.0 Å². The van der Waals surface area contributed by atoms with Crippen LogP contribution in [0, 0.1) is 0 Å². The number of hydrogen-bond acceptors (Lipinski definition) is 2. The second kappa shape index (κ2) is 4.97. The Morgan fingerprint density at radius 3 is 2.89 bits per heavy atom. The zero-order valence-electron chi connectivity index (χ0n) is 11.6. The molecule has 3 rings (SSSR count). The molecule has 1 aliphatic heterocycles. The van der Waals surface area contributed by atoms with E-state index in [4.69, 9.17) is 5.73 Å². The van der Waals surface area contributed by atoms with E-state index >= 15 is 0 Å². The Bertz CT molecular complexity index is 498. The zero-order valence-corrected chi connectivity index (χ0v) is 11.6. The molecule has 1 saturated heterocycles. The molecule has 1 aromatic carbocycles. The van der Waals surface area contributed by atoms with E-state index < -0.39 is 0 Å². The van der Waals surface area contributed by atoms with Crippen LogP contribution in [-0.2, 0) is 17.6 Å². The standard InChI is InChI=1S/C16H22N2O/c1-11(19)18-8-7-16(17)15(10-18)14-6-5-12-3-2-4-13(12)9-14/h5-6,9,15-16H,2-4,7-8,10,17H2,1H3. The summed E-state index contributed by atoms with van der Waals surface area (Å²) in [6, 6.07) is 6.99. The van der Waals surface area contributed by atoms with Gasteiger partial charge in [0.1, 0.15) is 0 Å². The smallest absolute Gasteiger partial charge is 0.219 e. The number of likely N-dealkylation sites (tertiary alicyclic amines) is 1. The third-order valence-corrected chi connectivity index (χ3v) is 4.66. The van der Waals surface area contributed by atoms with Crippen molar-refractivity contribution in [3.05, 3.63) is 34.9 Å². The first-order chi connectivity index (χ1) is 9.15. The summed E-state index contributed by atoms with van der Waals surface area (Å²) in [5, 5.41) is 0. The van der Waals surface area contributed by atoms with Crippen molar-refractivity contribution in [3.8, 4) is 0 Å². The molecule has 2 atom stereocenters. The van der Waals surface area contributed by atoms with Crippen molar-refractivity contribution >= 4 is 5.91 Å². The highest BCUT2D eigenvalue weighted by Gasteiger charge is 2.29. The van der Waals surface area contributed by atoms with Crippen molar-refractivity contribution < 1.29 is 4.79 Å². The van der Waals surface area contributed by atoms with Crippen LogP contribution < -0.4 is 5.73 Å². The lowest BCUT2D eigenvalue weighted by molar-refractivity contribution is -0.130. The number of aryl methyl sites for hydroxylation is 2. The minimum atomic E-state index is 0.165. The number of hydrogen-bond donors (Lipinski definition) is 1. The van der Waals surface area contributed by atoms with Gasteiger partial charge in [0.25, 0.3) is 0 Å². The highest BCUT2D eigenvalue weighted by Crippen LogP contribution is 2.30. The SMILES string of the molecule is CC(=O)N1CCC(N)C(c2ccc3c(c2)CCC3)C1. The van der Waals surface area contributed by atoms with Crippen molar-refractivity contribution in [2.24, 2.45) is 5.73 Å². The summed E-state index contributed by atoms with van der Waals surface area (Å²) in [7, 11) is 0. The largest absolute Gasteiger partial charge is 0.342 e. The van der Waals surface area contributed by atoms with E-state index in [-0.39, 0.29) is 11.9 Å². The predicted octanol–water partition coefficient (Wildman–Crippen LogP) is 1.84. The van der Waals surface area contributed by atoms with Crippen molar-refractivity contribution in [2.45, 2.75) is 44.6 Å². The van der Waals surface area contributed by atoms with Gasteiger partial charge in [-0.25, -0.2) is 0 Å². The lowest BCUT2D eigenvalue weighted by Crippen LogP contribution is -2.47. The molecule has 1 heterocycles. The summed E-state index contributed by atoms with van der Waals surface area (Å²) in [4.78, 5) is 13.5. The monoisotopic (exact) mass is 258 g/mol. The second-order valence-electron chi connectivity index (χ2n) is 5.91. The number of carbonyl (C=O) groups excluding carboxylic acids is 1. The van der Waals surface area contributed by atoms with Gasteiger partial charge in [-0.1, -0.05) is 18.2 Å². The molecule has 1 amide bonds. The highest BCUT2D eigenvalue weighted by atomic mass is 16.2. The van der Waals surface area contributed by atoms with Gasteiger partial charge >= 0.3 is 0 Å². The van der Waals surface area contributed by atoms with E-state index in [0.717, 1.165) is 19.5 Å². The van der Waals surface area contributed by atoms with E-state index in [2.05, 4.69) is 18.2 Å². The second-order valence-corrected chi connectivity index (χ2v) is 5.91. The number of nitrogens with two attached hydrogens (primary N) is 1. The number of rotatable bonds is 1. The maximum absolute atomic E-state index is 11.6. The van der Waals surface area contributed by atoms with E-state index in [1.54, 1.807) is 6.92 Å². The van der Waals surface area contributed by atoms with Crippen LogP contribution in [0.4, 0.5) is 0 Å². The van der Waals surface area contributed by atoms with Crippen molar-refractivity contribution in [3.63, 3.8) is 0 Å². The van der Waals surface area contributed by atoms with Crippen LogP contribution in [0.3, 0.4) is 0 Å². The molecule has 19 heavy (non-hydrogen) atoms. The lowest BCUT2D eigenvalue weighted by Gasteiger charge is -2.37. The summed E-state index contributed by atoms with van der Waals surface area (Å²) in [6.45, 7) is 3.23. The minimum absolute atomic E-state index is 0.165. The molecule has 0 spiro atoms. The first kappa shape index (κ1) is 12.7. The molecule has 1 aromatic rings. The topological polar surface area (TPSA) is 46.3 Å². The average molecular weight is 258 g/mol. The molecule has 1 fully saturated rings. The van der Waals surface area contributed by atoms with Gasteiger partial charge in [0.2, 0.25) is 5.91 Å². The summed E-state index contributed by atoms with van der Waals surface area (Å²) in [5.41, 5.74) is 10.6. The molecule has 1 aliphatic carbocycles. The molecule has 102 valence electrons. The third kappa shape index (κ3) is 2.39. The van der Waals surface area contributed by atoms with Gasteiger partial charge < -0.3 is 10.6 Å². The predicted molar refractivity (Wildman–Crippen MR) is 76.1 cm³/mol. The number of nitrogens with zero attached hydrogens (tertiary/aromatic N) is 1. The van der Waals surface area contributed by atoms with Gasteiger partial charge in [0.15, 0.2) is 0 Å². The fourth-order valence-corrected chi connectivity index (χ4v) is 3.43. The first-order valence-corrected chi connectivity index (χ1v) is 7.28. The number of fused-ring (bicyclic) bond motifs is 1. The van der Waals surface area contributed by atoms with Crippen LogP contribution in [0.2, 0.25) is 0 Å². The Labute approximate surface area is 114 Å². The Balaban J connectivity index is 1.85. The van der Waals surface area contributed by atoms with Gasteiger partial charge in [0, 0.05) is 32.0 Å². The molecule has 3 heteroatoms. The van der Waals surface area contributed by atoms with Crippen LogP contribution in [0.15, 0.2) is 18.2 Å². The first-order valence-electron chi connectivity index (χ1n) is 7.28. The highest BCUT2D eigenvalue weighted by molar-refractivity contribution is 5.73. The fraction of sp³-hybridized carbons (Fsp3) is 0.562. The maximum Gasteiger partial charge on any atom is 0.219 e. The van der Waals surface area contributed by atoms with Gasteiger partial charge in [0.05, 0.1) is 0 Å². The number of amides is 1. The van der Waals surface area contributed by atoms with E-state index in [0.29, 0.717) is 5.92 Å². The summed E-state index contributed by atoms with van der Waals surface area (Å²) in [6.07, 6.45) is 4.59.